The van der Waals surface area contributed by atoms with Crippen molar-refractivity contribution >= 4 is 27.3 Å². The van der Waals surface area contributed by atoms with Crippen LogP contribution in [-0.4, -0.2) is 6.54 Å². The lowest BCUT2D eigenvalue weighted by Gasteiger charge is -2.07. The normalized spacial score (nSPS) is 13.1. The van der Waals surface area contributed by atoms with E-state index in [0.29, 0.717) is 0 Å². The van der Waals surface area contributed by atoms with E-state index in [1.165, 1.54) is 14.2 Å². The van der Waals surface area contributed by atoms with Gasteiger partial charge >= 0.3 is 0 Å². The molecule has 0 aliphatic carbocycles. The monoisotopic (exact) mass is 276 g/mol. The minimum atomic E-state index is 0.177. The van der Waals surface area contributed by atoms with Crippen molar-refractivity contribution in [1.82, 2.24) is 0 Å². The minimum absolute atomic E-state index is 0.177. The van der Waals surface area contributed by atoms with Crippen molar-refractivity contribution in [3.63, 3.8) is 0 Å². The predicted octanol–water partition coefficient (Wildman–Crippen LogP) is 2.95. The Morgan fingerprint density at radius 1 is 1.50 bits per heavy atom. The Labute approximate surface area is 97.8 Å². The van der Waals surface area contributed by atoms with E-state index in [0.717, 1.165) is 25.8 Å². The molecule has 0 amide bonds. The van der Waals surface area contributed by atoms with Crippen molar-refractivity contribution in [2.24, 2.45) is 11.5 Å². The summed E-state index contributed by atoms with van der Waals surface area (Å²) in [5, 5.41) is 0. The molecule has 0 bridgehead atoms. The summed E-state index contributed by atoms with van der Waals surface area (Å²) in [4.78, 5) is 1.27. The molecule has 0 aromatic carbocycles. The Bertz CT molecular complexity index is 266. The molecule has 80 valence electrons. The Hall–Kier alpha value is 0.100. The number of halogens is 1. The van der Waals surface area contributed by atoms with Gasteiger partial charge in [0.05, 0.1) is 3.79 Å². The molecule has 4 heteroatoms. The van der Waals surface area contributed by atoms with Gasteiger partial charge in [-0.2, -0.15) is 0 Å². The molecule has 0 unspecified atom stereocenters. The van der Waals surface area contributed by atoms with Gasteiger partial charge in [0.1, 0.15) is 0 Å². The highest BCUT2D eigenvalue weighted by atomic mass is 79.9. The number of hydrogen-bond acceptors (Lipinski definition) is 3. The molecule has 1 atom stereocenters. The standard InChI is InChI=1S/C10H17BrN2S/c1-7-6-9(14-10(7)11)8(13)4-2-3-5-12/h6,8H,2-5,12-13H2,1H3/t8-/m1/s1. The quantitative estimate of drug-likeness (QED) is 0.813. The topological polar surface area (TPSA) is 52.0 Å². The molecule has 0 saturated heterocycles. The molecule has 1 rings (SSSR count). The zero-order valence-electron chi connectivity index (χ0n) is 8.42. The fourth-order valence-corrected chi connectivity index (χ4v) is 2.92. The lowest BCUT2D eigenvalue weighted by molar-refractivity contribution is 0.598. The van der Waals surface area contributed by atoms with Gasteiger partial charge in [-0.3, -0.25) is 0 Å². The van der Waals surface area contributed by atoms with Crippen molar-refractivity contribution in [2.45, 2.75) is 32.2 Å². The Kier molecular flexibility index (Phi) is 5.09. The number of rotatable bonds is 5. The van der Waals surface area contributed by atoms with Gasteiger partial charge in [-0.05, 0) is 53.9 Å². The Balaban J connectivity index is 2.47. The van der Waals surface area contributed by atoms with E-state index < -0.39 is 0 Å². The lowest BCUT2D eigenvalue weighted by Crippen LogP contribution is -2.09. The largest absolute Gasteiger partial charge is 0.330 e. The number of unbranched alkanes of at least 4 members (excludes halogenated alkanes) is 1. The minimum Gasteiger partial charge on any atom is -0.330 e. The Morgan fingerprint density at radius 3 is 2.71 bits per heavy atom. The number of nitrogens with two attached hydrogens (primary N) is 2. The zero-order chi connectivity index (χ0) is 10.6. The molecular formula is C10H17BrN2S. The predicted molar refractivity (Wildman–Crippen MR) is 66.6 cm³/mol. The van der Waals surface area contributed by atoms with Crippen LogP contribution in [0.2, 0.25) is 0 Å². The highest BCUT2D eigenvalue weighted by Crippen LogP contribution is 2.32. The van der Waals surface area contributed by atoms with Crippen molar-refractivity contribution in [2.75, 3.05) is 6.54 Å². The van der Waals surface area contributed by atoms with Crippen molar-refractivity contribution in [3.05, 3.63) is 20.3 Å². The van der Waals surface area contributed by atoms with E-state index in [1.807, 2.05) is 0 Å². The molecule has 0 radical (unpaired) electrons. The second-order valence-corrected chi connectivity index (χ2v) is 5.90. The molecule has 1 aromatic heterocycles. The SMILES string of the molecule is Cc1cc([C@H](N)CCCCN)sc1Br. The molecule has 0 aliphatic heterocycles. The highest BCUT2D eigenvalue weighted by molar-refractivity contribution is 9.11. The molecule has 2 nitrogen and oxygen atoms in total. The van der Waals surface area contributed by atoms with Gasteiger partial charge in [0.25, 0.3) is 0 Å². The van der Waals surface area contributed by atoms with E-state index >= 15 is 0 Å². The van der Waals surface area contributed by atoms with E-state index in [2.05, 4.69) is 28.9 Å². The van der Waals surface area contributed by atoms with Crippen LogP contribution in [0.4, 0.5) is 0 Å². The van der Waals surface area contributed by atoms with Crippen LogP contribution < -0.4 is 11.5 Å². The summed E-state index contributed by atoms with van der Waals surface area (Å²) in [7, 11) is 0. The van der Waals surface area contributed by atoms with E-state index in [4.69, 9.17) is 11.5 Å². The smallest absolute Gasteiger partial charge is 0.0731 e. The van der Waals surface area contributed by atoms with Gasteiger partial charge in [0, 0.05) is 10.9 Å². The van der Waals surface area contributed by atoms with Gasteiger partial charge in [-0.1, -0.05) is 6.42 Å². The Morgan fingerprint density at radius 2 is 2.21 bits per heavy atom. The lowest BCUT2D eigenvalue weighted by atomic mass is 10.1. The van der Waals surface area contributed by atoms with Crippen LogP contribution in [0.15, 0.2) is 9.85 Å². The van der Waals surface area contributed by atoms with Crippen LogP contribution in [0.1, 0.15) is 35.7 Å². The third-order valence-corrected chi connectivity index (χ3v) is 4.48. The summed E-state index contributed by atoms with van der Waals surface area (Å²) in [5.74, 6) is 0. The molecule has 4 N–H and O–H groups in total. The maximum absolute atomic E-state index is 6.07. The highest BCUT2D eigenvalue weighted by Gasteiger charge is 2.10. The first-order chi connectivity index (χ1) is 6.65. The average molecular weight is 277 g/mol. The van der Waals surface area contributed by atoms with E-state index in [-0.39, 0.29) is 6.04 Å². The first-order valence-corrected chi connectivity index (χ1v) is 6.47. The second-order valence-electron chi connectivity index (χ2n) is 3.50. The first kappa shape index (κ1) is 12.2. The fourth-order valence-electron chi connectivity index (χ4n) is 1.32. The fraction of sp³-hybridized carbons (Fsp3) is 0.600. The van der Waals surface area contributed by atoms with Gasteiger partial charge in [-0.15, -0.1) is 11.3 Å². The van der Waals surface area contributed by atoms with E-state index in [1.54, 1.807) is 11.3 Å². The van der Waals surface area contributed by atoms with Gasteiger partial charge in [-0.25, -0.2) is 0 Å². The van der Waals surface area contributed by atoms with Crippen LogP contribution in [0.5, 0.6) is 0 Å². The van der Waals surface area contributed by atoms with E-state index in [9.17, 15) is 0 Å². The molecule has 14 heavy (non-hydrogen) atoms. The van der Waals surface area contributed by atoms with Crippen molar-refractivity contribution < 1.29 is 0 Å². The molecule has 1 heterocycles. The number of hydrogen-bond donors (Lipinski definition) is 2. The van der Waals surface area contributed by atoms with Crippen LogP contribution in [0.3, 0.4) is 0 Å². The molecule has 1 aromatic rings. The van der Waals surface area contributed by atoms with Crippen LogP contribution in [-0.2, 0) is 0 Å². The summed E-state index contributed by atoms with van der Waals surface area (Å²) in [6, 6.07) is 2.35. The first-order valence-electron chi connectivity index (χ1n) is 4.86. The molecular weight excluding hydrogens is 260 g/mol. The van der Waals surface area contributed by atoms with Gasteiger partial charge in [0.2, 0.25) is 0 Å². The molecule has 0 fully saturated rings. The van der Waals surface area contributed by atoms with Crippen LogP contribution in [0, 0.1) is 6.92 Å². The summed E-state index contributed by atoms with van der Waals surface area (Å²) in [5.41, 5.74) is 12.8. The van der Waals surface area contributed by atoms with Crippen molar-refractivity contribution in [3.8, 4) is 0 Å². The third-order valence-electron chi connectivity index (χ3n) is 2.21. The van der Waals surface area contributed by atoms with Crippen LogP contribution >= 0.6 is 27.3 Å². The summed E-state index contributed by atoms with van der Waals surface area (Å²) in [6.07, 6.45) is 3.22. The number of thiophene rings is 1. The summed E-state index contributed by atoms with van der Waals surface area (Å²) >= 11 is 5.25. The van der Waals surface area contributed by atoms with Crippen molar-refractivity contribution in [1.29, 1.82) is 0 Å². The molecule has 0 saturated carbocycles. The average Bonchev–Trinajstić information content (AvgIpc) is 2.47. The molecule has 0 spiro atoms. The maximum atomic E-state index is 6.07. The van der Waals surface area contributed by atoms with Gasteiger partial charge < -0.3 is 11.5 Å². The maximum Gasteiger partial charge on any atom is 0.0731 e. The third kappa shape index (κ3) is 3.35. The number of aryl methyl sites for hydroxylation is 1. The summed E-state index contributed by atoms with van der Waals surface area (Å²) in [6.45, 7) is 2.86. The molecule has 0 aliphatic rings. The van der Waals surface area contributed by atoms with Crippen LogP contribution in [0.25, 0.3) is 0 Å². The van der Waals surface area contributed by atoms with Gasteiger partial charge in [0.15, 0.2) is 0 Å². The summed E-state index contributed by atoms with van der Waals surface area (Å²) < 4.78 is 1.20. The zero-order valence-corrected chi connectivity index (χ0v) is 10.8. The second kappa shape index (κ2) is 5.85.